The van der Waals surface area contributed by atoms with Gasteiger partial charge in [-0.3, -0.25) is 29.6 Å². The largest absolute Gasteiger partial charge is 0.312 e. The van der Waals surface area contributed by atoms with Crippen LogP contribution in [0.3, 0.4) is 0 Å². The first-order valence-corrected chi connectivity index (χ1v) is 6.88. The molecule has 0 saturated carbocycles. The second kappa shape index (κ2) is 6.40. The standard InChI is InChI=1S/C12H15N5O2S/c1-3-13-20-12(19)16-15-11(18)10-8(2)14-9-6-4-5-7-17(9)10/h4-7,13H,3H2,1-2H3,(H,15,18)(H,16,19). The first kappa shape index (κ1) is 14.4. The lowest BCUT2D eigenvalue weighted by Gasteiger charge is -2.07. The lowest BCUT2D eigenvalue weighted by molar-refractivity contribution is 0.0932. The van der Waals surface area contributed by atoms with Gasteiger partial charge in [0.15, 0.2) is 0 Å². The molecule has 8 heteroatoms. The molecule has 2 heterocycles. The van der Waals surface area contributed by atoms with Crippen molar-refractivity contribution in [2.75, 3.05) is 6.54 Å². The summed E-state index contributed by atoms with van der Waals surface area (Å²) in [5.41, 5.74) is 6.37. The third kappa shape index (κ3) is 3.09. The summed E-state index contributed by atoms with van der Waals surface area (Å²) in [7, 11) is 0. The number of hydrogen-bond donors (Lipinski definition) is 3. The van der Waals surface area contributed by atoms with Crippen molar-refractivity contribution in [3.8, 4) is 0 Å². The van der Waals surface area contributed by atoms with E-state index >= 15 is 0 Å². The minimum atomic E-state index is -0.411. The summed E-state index contributed by atoms with van der Waals surface area (Å²) >= 11 is 0.886. The van der Waals surface area contributed by atoms with Crippen LogP contribution in [0.5, 0.6) is 0 Å². The molecule has 0 fully saturated rings. The molecule has 0 spiro atoms. The van der Waals surface area contributed by atoms with Gasteiger partial charge >= 0.3 is 5.24 Å². The third-order valence-corrected chi connectivity index (χ3v) is 3.23. The zero-order valence-electron chi connectivity index (χ0n) is 11.1. The molecule has 106 valence electrons. The quantitative estimate of drug-likeness (QED) is 0.585. The third-order valence-electron chi connectivity index (χ3n) is 2.51. The number of fused-ring (bicyclic) bond motifs is 1. The first-order valence-electron chi connectivity index (χ1n) is 6.07. The average Bonchev–Trinajstić information content (AvgIpc) is 2.78. The van der Waals surface area contributed by atoms with E-state index < -0.39 is 5.91 Å². The maximum Gasteiger partial charge on any atom is 0.312 e. The number of aromatic nitrogens is 2. The van der Waals surface area contributed by atoms with Crippen LogP contribution in [0.15, 0.2) is 24.4 Å². The monoisotopic (exact) mass is 293 g/mol. The summed E-state index contributed by atoms with van der Waals surface area (Å²) < 4.78 is 4.46. The highest BCUT2D eigenvalue weighted by atomic mass is 32.2. The number of imidazole rings is 1. The Hall–Kier alpha value is -2.06. The van der Waals surface area contributed by atoms with Gasteiger partial charge in [0.25, 0.3) is 5.91 Å². The second-order valence-corrected chi connectivity index (χ2v) is 4.80. The van der Waals surface area contributed by atoms with E-state index in [0.29, 0.717) is 23.6 Å². The van der Waals surface area contributed by atoms with Crippen molar-refractivity contribution in [2.45, 2.75) is 13.8 Å². The van der Waals surface area contributed by atoms with Crippen LogP contribution in [-0.4, -0.2) is 27.1 Å². The highest BCUT2D eigenvalue weighted by Gasteiger charge is 2.16. The Morgan fingerprint density at radius 3 is 2.90 bits per heavy atom. The Morgan fingerprint density at radius 1 is 1.35 bits per heavy atom. The van der Waals surface area contributed by atoms with Gasteiger partial charge in [0.05, 0.1) is 5.69 Å². The molecule has 0 radical (unpaired) electrons. The minimum absolute atomic E-state index is 0.383. The molecule has 0 aliphatic carbocycles. The van der Waals surface area contributed by atoms with Gasteiger partial charge in [-0.1, -0.05) is 13.0 Å². The number of nitrogens with one attached hydrogen (secondary N) is 3. The predicted octanol–water partition coefficient (Wildman–Crippen LogP) is 1.25. The van der Waals surface area contributed by atoms with E-state index in [9.17, 15) is 9.59 Å². The Kier molecular flexibility index (Phi) is 4.59. The van der Waals surface area contributed by atoms with Crippen molar-refractivity contribution in [1.82, 2.24) is 25.0 Å². The molecule has 0 aliphatic heterocycles. The highest BCUT2D eigenvalue weighted by molar-refractivity contribution is 8.11. The van der Waals surface area contributed by atoms with Crippen LogP contribution in [0.2, 0.25) is 0 Å². The normalized spacial score (nSPS) is 10.5. The SMILES string of the molecule is CCNSC(=O)NNC(=O)c1c(C)nc2ccccn12. The van der Waals surface area contributed by atoms with Crippen LogP contribution >= 0.6 is 11.9 Å². The van der Waals surface area contributed by atoms with E-state index in [0.717, 1.165) is 11.9 Å². The maximum absolute atomic E-state index is 12.1. The van der Waals surface area contributed by atoms with Crippen LogP contribution < -0.4 is 15.6 Å². The molecule has 3 N–H and O–H groups in total. The number of aryl methyl sites for hydroxylation is 1. The fourth-order valence-electron chi connectivity index (χ4n) is 1.72. The Balaban J connectivity index is 2.08. The maximum atomic E-state index is 12.1. The minimum Gasteiger partial charge on any atom is -0.295 e. The van der Waals surface area contributed by atoms with E-state index in [1.807, 2.05) is 25.1 Å². The van der Waals surface area contributed by atoms with E-state index in [1.54, 1.807) is 17.5 Å². The van der Waals surface area contributed by atoms with Crippen LogP contribution in [0, 0.1) is 6.92 Å². The molecule has 0 atom stereocenters. The summed E-state index contributed by atoms with van der Waals surface area (Å²) in [5, 5.41) is -0.383. The van der Waals surface area contributed by atoms with E-state index in [1.165, 1.54) is 0 Å². The Labute approximate surface area is 120 Å². The second-order valence-electron chi connectivity index (χ2n) is 3.94. The Morgan fingerprint density at radius 2 is 2.15 bits per heavy atom. The van der Waals surface area contributed by atoms with Gasteiger partial charge in [-0.05, 0) is 19.1 Å². The summed E-state index contributed by atoms with van der Waals surface area (Å²) in [5.74, 6) is -0.411. The van der Waals surface area contributed by atoms with Crippen LogP contribution in [0.1, 0.15) is 23.1 Å². The van der Waals surface area contributed by atoms with E-state index in [4.69, 9.17) is 0 Å². The number of hydrazine groups is 1. The number of carbonyl (C=O) groups excluding carboxylic acids is 2. The average molecular weight is 293 g/mol. The summed E-state index contributed by atoms with van der Waals surface area (Å²) in [6.45, 7) is 4.27. The molecule has 0 saturated heterocycles. The molecule has 0 bridgehead atoms. The van der Waals surface area contributed by atoms with Crippen LogP contribution in [0.25, 0.3) is 5.65 Å². The van der Waals surface area contributed by atoms with E-state index in [2.05, 4.69) is 20.6 Å². The van der Waals surface area contributed by atoms with Crippen LogP contribution in [-0.2, 0) is 0 Å². The number of hydrogen-bond acceptors (Lipinski definition) is 5. The van der Waals surface area contributed by atoms with Gasteiger partial charge in [-0.15, -0.1) is 0 Å². The lowest BCUT2D eigenvalue weighted by atomic mass is 10.3. The van der Waals surface area contributed by atoms with Gasteiger partial charge in [0, 0.05) is 24.7 Å². The molecule has 20 heavy (non-hydrogen) atoms. The number of rotatable bonds is 3. The highest BCUT2D eigenvalue weighted by Crippen LogP contribution is 2.11. The summed E-state index contributed by atoms with van der Waals surface area (Å²) in [6, 6.07) is 5.46. The fraction of sp³-hybridized carbons (Fsp3) is 0.250. The number of amides is 2. The van der Waals surface area contributed by atoms with Gasteiger partial charge in [-0.25, -0.2) is 4.98 Å². The van der Waals surface area contributed by atoms with Crippen molar-refractivity contribution >= 4 is 28.7 Å². The van der Waals surface area contributed by atoms with E-state index in [-0.39, 0.29) is 5.24 Å². The topological polar surface area (TPSA) is 87.5 Å². The van der Waals surface area contributed by atoms with Crippen molar-refractivity contribution in [2.24, 2.45) is 0 Å². The molecular weight excluding hydrogens is 278 g/mol. The van der Waals surface area contributed by atoms with Crippen molar-refractivity contribution in [1.29, 1.82) is 0 Å². The van der Waals surface area contributed by atoms with Crippen molar-refractivity contribution in [3.05, 3.63) is 35.8 Å². The van der Waals surface area contributed by atoms with Crippen molar-refractivity contribution < 1.29 is 9.59 Å². The zero-order chi connectivity index (χ0) is 14.5. The molecule has 7 nitrogen and oxygen atoms in total. The first-order chi connectivity index (χ1) is 9.63. The summed E-state index contributed by atoms with van der Waals surface area (Å²) in [6.07, 6.45) is 1.75. The van der Waals surface area contributed by atoms with Gasteiger partial charge in [0.2, 0.25) is 0 Å². The molecular formula is C12H15N5O2S. The fourth-order valence-corrected chi connectivity index (χ4v) is 2.09. The molecule has 0 aromatic carbocycles. The Bertz CT molecular complexity index is 640. The number of nitrogens with zero attached hydrogens (tertiary/aromatic N) is 2. The molecule has 2 rings (SSSR count). The summed E-state index contributed by atoms with van der Waals surface area (Å²) in [4.78, 5) is 27.8. The molecule has 0 unspecified atom stereocenters. The zero-order valence-corrected chi connectivity index (χ0v) is 12.0. The number of carbonyl (C=O) groups is 2. The molecule has 2 amide bonds. The van der Waals surface area contributed by atoms with Gasteiger partial charge in [-0.2, -0.15) is 0 Å². The van der Waals surface area contributed by atoms with Crippen molar-refractivity contribution in [3.63, 3.8) is 0 Å². The van der Waals surface area contributed by atoms with Crippen LogP contribution in [0.4, 0.5) is 4.79 Å². The molecule has 2 aromatic heterocycles. The smallest absolute Gasteiger partial charge is 0.295 e. The predicted molar refractivity (Wildman–Crippen MR) is 77.2 cm³/mol. The lowest BCUT2D eigenvalue weighted by Crippen LogP contribution is -2.41. The molecule has 0 aliphatic rings. The van der Waals surface area contributed by atoms with Gasteiger partial charge < -0.3 is 0 Å². The molecule has 2 aromatic rings. The van der Waals surface area contributed by atoms with Gasteiger partial charge in [0.1, 0.15) is 11.3 Å². The number of pyridine rings is 1.